The van der Waals surface area contributed by atoms with Crippen molar-refractivity contribution in [3.63, 3.8) is 0 Å². The van der Waals surface area contributed by atoms with Crippen LogP contribution in [0.2, 0.25) is 0 Å². The summed E-state index contributed by atoms with van der Waals surface area (Å²) in [5.74, 6) is 0.294. The van der Waals surface area contributed by atoms with Crippen LogP contribution >= 0.6 is 15.9 Å². The third-order valence-electron chi connectivity index (χ3n) is 4.78. The zero-order valence-electron chi connectivity index (χ0n) is 13.3. The quantitative estimate of drug-likeness (QED) is 0.757. The molecule has 1 fully saturated rings. The molecule has 0 aromatic heterocycles. The zero-order chi connectivity index (χ0) is 16.4. The number of halogens is 1. The fourth-order valence-electron chi connectivity index (χ4n) is 3.46. The molecule has 0 atom stereocenters. The number of ether oxygens (including phenoxy) is 1. The molecule has 1 saturated carbocycles. The van der Waals surface area contributed by atoms with Crippen LogP contribution in [0.1, 0.15) is 30.9 Å². The molecule has 1 heterocycles. The predicted octanol–water partition coefficient (Wildman–Crippen LogP) is 2.41. The van der Waals surface area contributed by atoms with E-state index in [0.717, 1.165) is 49.2 Å². The van der Waals surface area contributed by atoms with E-state index in [2.05, 4.69) is 33.4 Å². The molecule has 5 nitrogen and oxygen atoms in total. The van der Waals surface area contributed by atoms with Crippen molar-refractivity contribution in [2.24, 2.45) is 0 Å². The molecule has 3 rings (SSSR count). The second kappa shape index (κ2) is 7.20. The van der Waals surface area contributed by atoms with Gasteiger partial charge in [0.2, 0.25) is 0 Å². The summed E-state index contributed by atoms with van der Waals surface area (Å²) in [7, 11) is 0. The number of nitrogens with zero attached hydrogens (tertiary/aromatic N) is 1. The van der Waals surface area contributed by atoms with Gasteiger partial charge in [-0.15, -0.1) is 0 Å². The lowest BCUT2D eigenvalue weighted by Crippen LogP contribution is -2.53. The molecule has 6 heteroatoms. The van der Waals surface area contributed by atoms with Gasteiger partial charge in [0.05, 0.1) is 13.2 Å². The third-order valence-corrected chi connectivity index (χ3v) is 5.24. The molecule has 23 heavy (non-hydrogen) atoms. The molecule has 1 aliphatic carbocycles. The highest BCUT2D eigenvalue weighted by molar-refractivity contribution is 9.10. The zero-order valence-corrected chi connectivity index (χ0v) is 14.9. The Morgan fingerprint density at radius 2 is 2.26 bits per heavy atom. The number of hydrogen-bond donors (Lipinski definition) is 2. The molecular formula is C17H23BrN2O3. The number of rotatable bonds is 7. The van der Waals surface area contributed by atoms with Crippen molar-refractivity contribution in [2.75, 3.05) is 19.7 Å². The summed E-state index contributed by atoms with van der Waals surface area (Å²) in [6.45, 7) is 4.51. The van der Waals surface area contributed by atoms with Crippen molar-refractivity contribution in [1.82, 2.24) is 10.2 Å². The Labute approximate surface area is 145 Å². The van der Waals surface area contributed by atoms with E-state index in [4.69, 9.17) is 9.84 Å². The lowest BCUT2D eigenvalue weighted by Gasteiger charge is -2.42. The Balaban J connectivity index is 1.51. The first kappa shape index (κ1) is 16.7. The molecule has 0 amide bonds. The molecule has 126 valence electrons. The minimum atomic E-state index is -0.745. The van der Waals surface area contributed by atoms with E-state index in [-0.39, 0.29) is 6.54 Å². The predicted molar refractivity (Wildman–Crippen MR) is 91.9 cm³/mol. The summed E-state index contributed by atoms with van der Waals surface area (Å²) in [4.78, 5) is 12.9. The van der Waals surface area contributed by atoms with E-state index in [9.17, 15) is 4.79 Å². The second-order valence-electron chi connectivity index (χ2n) is 6.31. The van der Waals surface area contributed by atoms with Crippen molar-refractivity contribution in [2.45, 2.75) is 44.8 Å². The molecular weight excluding hydrogens is 360 g/mol. The second-order valence-corrected chi connectivity index (χ2v) is 7.23. The number of likely N-dealkylation sites (N-methyl/N-ethyl adjacent to an activating group) is 1. The molecule has 1 aromatic rings. The van der Waals surface area contributed by atoms with Gasteiger partial charge < -0.3 is 15.2 Å². The van der Waals surface area contributed by atoms with E-state index in [1.165, 1.54) is 11.1 Å². The normalized spacial score (nSPS) is 22.6. The Bertz CT molecular complexity index is 587. The Morgan fingerprint density at radius 1 is 1.48 bits per heavy atom. The molecule has 0 spiro atoms. The Morgan fingerprint density at radius 3 is 2.96 bits per heavy atom. The average Bonchev–Trinajstić information content (AvgIpc) is 2.91. The highest BCUT2D eigenvalue weighted by Gasteiger charge is 2.33. The number of fused-ring (bicyclic) bond motifs is 1. The van der Waals surface area contributed by atoms with E-state index in [0.29, 0.717) is 12.1 Å². The minimum Gasteiger partial charge on any atom is -0.493 e. The number of carboxylic acid groups (broad SMARTS) is 1. The molecule has 2 N–H and O–H groups in total. The van der Waals surface area contributed by atoms with Crippen LogP contribution < -0.4 is 10.1 Å². The van der Waals surface area contributed by atoms with Crippen molar-refractivity contribution >= 4 is 21.9 Å². The maximum atomic E-state index is 10.9. The van der Waals surface area contributed by atoms with E-state index >= 15 is 0 Å². The number of carbonyl (C=O) groups is 1. The lowest BCUT2D eigenvalue weighted by molar-refractivity contribution is -0.139. The molecule has 2 aliphatic rings. The van der Waals surface area contributed by atoms with E-state index in [1.807, 2.05) is 11.8 Å². The van der Waals surface area contributed by atoms with Gasteiger partial charge in [-0.2, -0.15) is 0 Å². The maximum Gasteiger partial charge on any atom is 0.317 e. The molecule has 0 unspecified atom stereocenters. The van der Waals surface area contributed by atoms with Crippen LogP contribution in [0.4, 0.5) is 0 Å². The van der Waals surface area contributed by atoms with Crippen molar-refractivity contribution in [3.8, 4) is 5.75 Å². The summed E-state index contributed by atoms with van der Waals surface area (Å²) in [6.07, 6.45) is 3.00. The van der Waals surface area contributed by atoms with Gasteiger partial charge in [0, 0.05) is 35.1 Å². The highest BCUT2D eigenvalue weighted by atomic mass is 79.9. The highest BCUT2D eigenvalue weighted by Crippen LogP contribution is 2.33. The van der Waals surface area contributed by atoms with Crippen LogP contribution in [0.15, 0.2) is 16.6 Å². The first-order valence-electron chi connectivity index (χ1n) is 8.20. The molecule has 0 bridgehead atoms. The van der Waals surface area contributed by atoms with Crippen LogP contribution in [0.5, 0.6) is 5.75 Å². The van der Waals surface area contributed by atoms with Crippen LogP contribution in [-0.4, -0.2) is 47.8 Å². The van der Waals surface area contributed by atoms with Gasteiger partial charge in [-0.1, -0.05) is 22.9 Å². The van der Waals surface area contributed by atoms with Crippen LogP contribution in [0.25, 0.3) is 0 Å². The topological polar surface area (TPSA) is 61.8 Å². The van der Waals surface area contributed by atoms with Crippen molar-refractivity contribution < 1.29 is 14.6 Å². The molecule has 1 aromatic carbocycles. The molecule has 1 aliphatic heterocycles. The fourth-order valence-corrected chi connectivity index (χ4v) is 4.01. The summed E-state index contributed by atoms with van der Waals surface area (Å²) < 4.78 is 6.86. The van der Waals surface area contributed by atoms with Gasteiger partial charge in [0.25, 0.3) is 0 Å². The largest absolute Gasteiger partial charge is 0.493 e. The van der Waals surface area contributed by atoms with Gasteiger partial charge in [-0.25, -0.2) is 0 Å². The van der Waals surface area contributed by atoms with E-state index in [1.54, 1.807) is 0 Å². The van der Waals surface area contributed by atoms with Gasteiger partial charge >= 0.3 is 5.97 Å². The first-order valence-corrected chi connectivity index (χ1v) is 8.99. The average molecular weight is 383 g/mol. The minimum absolute atomic E-state index is 0.140. The standard InChI is InChI=1S/C17H23BrN2O3/c1-2-20(10-16(21)22)15-7-14(8-15)19-9-12-6-13(18)5-11-3-4-23-17(11)12/h5-6,14-15,19H,2-4,7-10H2,1H3,(H,21,22). The SMILES string of the molecule is CCN(CC(=O)O)C1CC(NCc2cc(Br)cc3c2OCC3)C1. The number of aliphatic carboxylic acids is 1. The Hall–Kier alpha value is -1.11. The number of carboxylic acids is 1. The lowest BCUT2D eigenvalue weighted by atomic mass is 9.85. The fraction of sp³-hybridized carbons (Fsp3) is 0.588. The summed E-state index contributed by atoms with van der Waals surface area (Å²) >= 11 is 3.57. The van der Waals surface area contributed by atoms with Gasteiger partial charge in [0.1, 0.15) is 5.75 Å². The smallest absolute Gasteiger partial charge is 0.317 e. The summed E-state index contributed by atoms with van der Waals surface area (Å²) in [5.41, 5.74) is 2.48. The van der Waals surface area contributed by atoms with Crippen LogP contribution in [-0.2, 0) is 17.8 Å². The van der Waals surface area contributed by atoms with Gasteiger partial charge in [0.15, 0.2) is 0 Å². The number of nitrogens with one attached hydrogen (secondary N) is 1. The van der Waals surface area contributed by atoms with Crippen LogP contribution in [0.3, 0.4) is 0 Å². The first-order chi connectivity index (χ1) is 11.1. The van der Waals surface area contributed by atoms with Gasteiger partial charge in [-0.05, 0) is 37.1 Å². The number of hydrogen-bond acceptors (Lipinski definition) is 4. The monoisotopic (exact) mass is 382 g/mol. The van der Waals surface area contributed by atoms with Crippen molar-refractivity contribution in [1.29, 1.82) is 0 Å². The summed E-state index contributed by atoms with van der Waals surface area (Å²) in [5, 5.41) is 12.5. The molecule has 0 saturated heterocycles. The van der Waals surface area contributed by atoms with Crippen LogP contribution in [0, 0.1) is 0 Å². The van der Waals surface area contributed by atoms with Gasteiger partial charge in [-0.3, -0.25) is 9.69 Å². The van der Waals surface area contributed by atoms with E-state index < -0.39 is 5.97 Å². The maximum absolute atomic E-state index is 10.9. The van der Waals surface area contributed by atoms with Crippen molar-refractivity contribution in [3.05, 3.63) is 27.7 Å². The summed E-state index contributed by atoms with van der Waals surface area (Å²) in [6, 6.07) is 5.10. The molecule has 0 radical (unpaired) electrons. The number of benzene rings is 1. The third kappa shape index (κ3) is 3.87. The Kier molecular flexibility index (Phi) is 5.24.